The monoisotopic (exact) mass is 599 g/mol. The molecule has 2 aromatic heterocycles. The minimum atomic E-state index is -0.452. The van der Waals surface area contributed by atoms with Gasteiger partial charge in [0.1, 0.15) is 11.6 Å². The van der Waals surface area contributed by atoms with Crippen molar-refractivity contribution in [1.29, 1.82) is 0 Å². The number of Topliss-reactive ketones (excluding diaryl/α,β-unsaturated/α-hetero) is 1. The van der Waals surface area contributed by atoms with E-state index >= 15 is 0 Å². The smallest absolute Gasteiger partial charge is 0.161 e. The highest BCUT2D eigenvalue weighted by molar-refractivity contribution is 6.36. The van der Waals surface area contributed by atoms with Crippen LogP contribution in [0.15, 0.2) is 97.3 Å². The van der Waals surface area contributed by atoms with Crippen LogP contribution in [-0.2, 0) is 0 Å². The second-order valence-corrected chi connectivity index (χ2v) is 10.6. The number of nitrogens with zero attached hydrogens (tertiary/aromatic N) is 2. The minimum absolute atomic E-state index is 0.122. The molecule has 0 saturated heterocycles. The van der Waals surface area contributed by atoms with Crippen LogP contribution in [0, 0.1) is 11.6 Å². The molecule has 1 unspecified atom stereocenters. The summed E-state index contributed by atoms with van der Waals surface area (Å²) in [5, 5.41) is 1.76. The standard InChI is InChI=1S/C17H14ClFN2.C17H11ClFNO/c1-10(20)14-9-21-17-13(7-12(19)8-15(17)18)16(14)11-5-3-2-4-6-11;1-10(21)14-9-20-17-13(7-12(19)8-15(17)18)16(14)11-5-3-2-4-6-11/h2-10H,20H2,1H3;2-9H,1H3. The fraction of sp³-hybridized carbons (Fsp3) is 0.0882. The molecule has 6 rings (SSSR count). The third-order valence-corrected chi connectivity index (χ3v) is 7.38. The van der Waals surface area contributed by atoms with Crippen LogP contribution in [0.3, 0.4) is 0 Å². The van der Waals surface area contributed by atoms with Gasteiger partial charge in [0, 0.05) is 40.3 Å². The first-order valence-electron chi connectivity index (χ1n) is 13.1. The molecule has 0 fully saturated rings. The van der Waals surface area contributed by atoms with E-state index in [1.165, 1.54) is 37.4 Å². The number of aromatic nitrogens is 2. The highest BCUT2D eigenvalue weighted by atomic mass is 35.5. The van der Waals surface area contributed by atoms with E-state index in [-0.39, 0.29) is 22.7 Å². The van der Waals surface area contributed by atoms with Crippen LogP contribution in [-0.4, -0.2) is 15.8 Å². The normalized spacial score (nSPS) is 11.7. The van der Waals surface area contributed by atoms with Crippen LogP contribution < -0.4 is 5.73 Å². The Bertz CT molecular complexity index is 1930. The van der Waals surface area contributed by atoms with Gasteiger partial charge in [0.15, 0.2) is 5.78 Å². The van der Waals surface area contributed by atoms with Gasteiger partial charge in [0.2, 0.25) is 0 Å². The molecule has 2 heterocycles. The van der Waals surface area contributed by atoms with Crippen molar-refractivity contribution < 1.29 is 13.6 Å². The first kappa shape index (κ1) is 29.3. The lowest BCUT2D eigenvalue weighted by molar-refractivity contribution is 0.101. The van der Waals surface area contributed by atoms with Crippen LogP contribution in [0.25, 0.3) is 44.1 Å². The number of nitrogens with two attached hydrogens (primary N) is 1. The third-order valence-electron chi connectivity index (χ3n) is 6.80. The number of pyridine rings is 2. The van der Waals surface area contributed by atoms with Crippen molar-refractivity contribution in [1.82, 2.24) is 9.97 Å². The Kier molecular flexibility index (Phi) is 8.59. The fourth-order valence-electron chi connectivity index (χ4n) is 4.92. The summed E-state index contributed by atoms with van der Waals surface area (Å²) in [6, 6.07) is 24.2. The number of carbonyl (C=O) groups excluding carboxylic acids is 1. The van der Waals surface area contributed by atoms with E-state index in [4.69, 9.17) is 28.9 Å². The SMILES string of the molecule is CC(=O)c1cnc2c(Cl)cc(F)cc2c1-c1ccccc1.CC(N)c1cnc2c(Cl)cc(F)cc2c1-c1ccccc1. The van der Waals surface area contributed by atoms with Crippen molar-refractivity contribution in [2.75, 3.05) is 0 Å². The first-order chi connectivity index (χ1) is 20.2. The van der Waals surface area contributed by atoms with Crippen LogP contribution in [0.4, 0.5) is 8.78 Å². The van der Waals surface area contributed by atoms with Gasteiger partial charge in [-0.1, -0.05) is 83.9 Å². The lowest BCUT2D eigenvalue weighted by Crippen LogP contribution is -2.08. The molecule has 42 heavy (non-hydrogen) atoms. The maximum atomic E-state index is 13.8. The Morgan fingerprint density at radius 3 is 1.67 bits per heavy atom. The molecule has 0 aliphatic heterocycles. The lowest BCUT2D eigenvalue weighted by atomic mass is 9.93. The van der Waals surface area contributed by atoms with Crippen molar-refractivity contribution in [2.45, 2.75) is 19.9 Å². The summed E-state index contributed by atoms with van der Waals surface area (Å²) in [5.41, 5.74) is 11.8. The molecule has 4 aromatic carbocycles. The summed E-state index contributed by atoms with van der Waals surface area (Å²) < 4.78 is 27.5. The van der Waals surface area contributed by atoms with Gasteiger partial charge >= 0.3 is 0 Å². The summed E-state index contributed by atoms with van der Waals surface area (Å²) in [6.07, 6.45) is 3.22. The lowest BCUT2D eigenvalue weighted by Gasteiger charge is -2.16. The van der Waals surface area contributed by atoms with E-state index < -0.39 is 5.82 Å². The molecule has 0 aliphatic carbocycles. The number of halogens is 4. The Labute approximate surface area is 251 Å². The van der Waals surface area contributed by atoms with Gasteiger partial charge in [-0.3, -0.25) is 14.8 Å². The number of rotatable bonds is 4. The molecular weight excluding hydrogens is 575 g/mol. The van der Waals surface area contributed by atoms with Gasteiger partial charge in [-0.05, 0) is 60.4 Å². The van der Waals surface area contributed by atoms with Gasteiger partial charge < -0.3 is 5.73 Å². The first-order valence-corrected chi connectivity index (χ1v) is 13.8. The third kappa shape index (κ3) is 5.88. The maximum Gasteiger partial charge on any atom is 0.161 e. The van der Waals surface area contributed by atoms with Crippen molar-refractivity contribution in [3.05, 3.63) is 130 Å². The Morgan fingerprint density at radius 1 is 0.738 bits per heavy atom. The topological polar surface area (TPSA) is 68.9 Å². The second-order valence-electron chi connectivity index (χ2n) is 9.78. The number of hydrogen-bond acceptors (Lipinski definition) is 4. The van der Waals surface area contributed by atoms with Gasteiger partial charge in [0.05, 0.1) is 21.1 Å². The van der Waals surface area contributed by atoms with Crippen LogP contribution in [0.1, 0.15) is 35.8 Å². The zero-order valence-electron chi connectivity index (χ0n) is 22.7. The average Bonchev–Trinajstić information content (AvgIpc) is 2.97. The molecule has 0 saturated carbocycles. The van der Waals surface area contributed by atoms with E-state index in [2.05, 4.69) is 9.97 Å². The average molecular weight is 600 g/mol. The van der Waals surface area contributed by atoms with Gasteiger partial charge in [-0.25, -0.2) is 8.78 Å². The molecule has 6 aromatic rings. The molecule has 8 heteroatoms. The summed E-state index contributed by atoms with van der Waals surface area (Å²) in [6.45, 7) is 3.35. The number of benzene rings is 4. The van der Waals surface area contributed by atoms with Gasteiger partial charge in [-0.2, -0.15) is 0 Å². The Balaban J connectivity index is 0.000000168. The predicted molar refractivity (Wildman–Crippen MR) is 167 cm³/mol. The van der Waals surface area contributed by atoms with E-state index in [0.717, 1.165) is 22.3 Å². The van der Waals surface area contributed by atoms with E-state index in [0.29, 0.717) is 38.0 Å². The summed E-state index contributed by atoms with van der Waals surface area (Å²) in [5.74, 6) is -0.955. The maximum absolute atomic E-state index is 13.8. The summed E-state index contributed by atoms with van der Waals surface area (Å²) >= 11 is 12.2. The number of carbonyl (C=O) groups is 1. The molecule has 4 nitrogen and oxygen atoms in total. The molecule has 0 amide bonds. The molecule has 0 aliphatic rings. The molecule has 0 bridgehead atoms. The fourth-order valence-corrected chi connectivity index (χ4v) is 5.43. The Hall–Kier alpha value is -4.23. The quantitative estimate of drug-likeness (QED) is 0.205. The van der Waals surface area contributed by atoms with Crippen molar-refractivity contribution >= 4 is 50.8 Å². The Morgan fingerprint density at radius 2 is 1.19 bits per heavy atom. The zero-order chi connectivity index (χ0) is 30.0. The van der Waals surface area contributed by atoms with Crippen LogP contribution in [0.5, 0.6) is 0 Å². The van der Waals surface area contributed by atoms with E-state index in [9.17, 15) is 13.6 Å². The minimum Gasteiger partial charge on any atom is -0.324 e. The number of fused-ring (bicyclic) bond motifs is 2. The molecule has 210 valence electrons. The molecule has 0 spiro atoms. The number of hydrogen-bond donors (Lipinski definition) is 1. The molecular formula is C34H25Cl2F2N3O. The van der Waals surface area contributed by atoms with Gasteiger partial charge in [-0.15, -0.1) is 0 Å². The van der Waals surface area contributed by atoms with Crippen molar-refractivity contribution in [3.8, 4) is 22.3 Å². The molecule has 2 N–H and O–H groups in total. The largest absolute Gasteiger partial charge is 0.324 e. The second kappa shape index (κ2) is 12.3. The summed E-state index contributed by atoms with van der Waals surface area (Å²) in [7, 11) is 0. The van der Waals surface area contributed by atoms with Gasteiger partial charge in [0.25, 0.3) is 0 Å². The predicted octanol–water partition coefficient (Wildman–Crippen LogP) is 9.61. The van der Waals surface area contributed by atoms with E-state index in [1.54, 1.807) is 6.20 Å². The molecule has 0 radical (unpaired) electrons. The van der Waals surface area contributed by atoms with Crippen LogP contribution in [0.2, 0.25) is 10.0 Å². The van der Waals surface area contributed by atoms with E-state index in [1.807, 2.05) is 67.6 Å². The zero-order valence-corrected chi connectivity index (χ0v) is 24.2. The highest BCUT2D eigenvalue weighted by Crippen LogP contribution is 2.37. The van der Waals surface area contributed by atoms with Crippen LogP contribution >= 0.6 is 23.2 Å². The highest BCUT2D eigenvalue weighted by Gasteiger charge is 2.18. The summed E-state index contributed by atoms with van der Waals surface area (Å²) in [4.78, 5) is 20.4. The van der Waals surface area contributed by atoms with Crippen molar-refractivity contribution in [2.24, 2.45) is 5.73 Å². The number of ketones is 1. The molecule has 1 atom stereocenters. The van der Waals surface area contributed by atoms with Crippen molar-refractivity contribution in [3.63, 3.8) is 0 Å².